The van der Waals surface area contributed by atoms with E-state index >= 15 is 0 Å². The number of nitrogens with one attached hydrogen (secondary N) is 1. The Hall–Kier alpha value is -2.46. The molecule has 0 radical (unpaired) electrons. The number of nitrogens with zero attached hydrogens (tertiary/aromatic N) is 3. The van der Waals surface area contributed by atoms with Gasteiger partial charge in [0.1, 0.15) is 0 Å². The lowest BCUT2D eigenvalue weighted by atomic mass is 9.93. The third kappa shape index (κ3) is 3.23. The van der Waals surface area contributed by atoms with Crippen molar-refractivity contribution < 1.29 is 0 Å². The van der Waals surface area contributed by atoms with Gasteiger partial charge in [0.25, 0.3) is 0 Å². The molecule has 2 aromatic heterocycles. The first-order chi connectivity index (χ1) is 10.7. The van der Waals surface area contributed by atoms with Crippen molar-refractivity contribution in [3.8, 4) is 11.1 Å². The first-order valence-corrected chi connectivity index (χ1v) is 7.39. The lowest BCUT2D eigenvalue weighted by molar-refractivity contribution is 0.389. The second kappa shape index (κ2) is 6.54. The lowest BCUT2D eigenvalue weighted by Gasteiger charge is -2.21. The fourth-order valence-electron chi connectivity index (χ4n) is 2.63. The van der Waals surface area contributed by atoms with Crippen LogP contribution in [0.25, 0.3) is 11.1 Å². The van der Waals surface area contributed by atoms with Gasteiger partial charge in [-0.05, 0) is 37.4 Å². The molecule has 4 heteroatoms. The monoisotopic (exact) mass is 292 g/mol. The van der Waals surface area contributed by atoms with Gasteiger partial charge in [0.2, 0.25) is 0 Å². The van der Waals surface area contributed by atoms with Crippen LogP contribution >= 0.6 is 0 Å². The van der Waals surface area contributed by atoms with Gasteiger partial charge in [-0.3, -0.25) is 10.1 Å². The summed E-state index contributed by atoms with van der Waals surface area (Å²) in [5.74, 6) is 0.273. The van der Waals surface area contributed by atoms with Crippen LogP contribution in [0.4, 0.5) is 0 Å². The minimum Gasteiger partial charge on any atom is -0.308 e. The van der Waals surface area contributed by atoms with Gasteiger partial charge in [0, 0.05) is 36.1 Å². The van der Waals surface area contributed by atoms with Gasteiger partial charge in [0.05, 0.1) is 6.20 Å². The van der Waals surface area contributed by atoms with E-state index in [0.29, 0.717) is 0 Å². The number of aromatic nitrogens is 3. The predicted octanol–water partition coefficient (Wildman–Crippen LogP) is 3.17. The molecule has 0 saturated heterocycles. The molecule has 0 aliphatic rings. The molecule has 2 heterocycles. The van der Waals surface area contributed by atoms with E-state index in [1.54, 1.807) is 0 Å². The molecule has 0 spiro atoms. The summed E-state index contributed by atoms with van der Waals surface area (Å²) in [4.78, 5) is 6.74. The van der Waals surface area contributed by atoms with E-state index < -0.39 is 0 Å². The van der Waals surface area contributed by atoms with Crippen LogP contribution in [0.5, 0.6) is 0 Å². The van der Waals surface area contributed by atoms with Gasteiger partial charge in [0.15, 0.2) is 0 Å². The van der Waals surface area contributed by atoms with Crippen LogP contribution in [0.2, 0.25) is 0 Å². The summed E-state index contributed by atoms with van der Waals surface area (Å²) in [6.45, 7) is 0.933. The number of hydrogen-bond donors (Lipinski definition) is 1. The number of likely N-dealkylation sites (N-methyl/N-ethyl adjacent to an activating group) is 1. The van der Waals surface area contributed by atoms with Gasteiger partial charge >= 0.3 is 0 Å². The Bertz CT molecular complexity index is 688. The van der Waals surface area contributed by atoms with E-state index in [4.69, 9.17) is 0 Å². The molecule has 0 saturated carbocycles. The Morgan fingerprint density at radius 2 is 1.86 bits per heavy atom. The highest BCUT2D eigenvalue weighted by Crippen LogP contribution is 2.26. The van der Waals surface area contributed by atoms with Crippen LogP contribution in [0, 0.1) is 0 Å². The molecule has 112 valence electrons. The number of hydrogen-bond acceptors (Lipinski definition) is 3. The fraction of sp³-hybridized carbons (Fsp3) is 0.222. The first-order valence-electron chi connectivity index (χ1n) is 7.39. The highest BCUT2D eigenvalue weighted by Gasteiger charge is 2.16. The van der Waals surface area contributed by atoms with Crippen LogP contribution in [0.15, 0.2) is 61.1 Å². The van der Waals surface area contributed by atoms with Crippen LogP contribution in [-0.2, 0) is 0 Å². The molecule has 0 fully saturated rings. The first kappa shape index (κ1) is 14.5. The van der Waals surface area contributed by atoms with Crippen molar-refractivity contribution in [3.63, 3.8) is 0 Å². The molecule has 1 unspecified atom stereocenters. The van der Waals surface area contributed by atoms with Crippen molar-refractivity contribution >= 4 is 0 Å². The maximum Gasteiger partial charge on any atom is 0.0565 e. The quantitative estimate of drug-likeness (QED) is 0.785. The van der Waals surface area contributed by atoms with Crippen LogP contribution in [0.1, 0.15) is 17.2 Å². The minimum absolute atomic E-state index is 0.273. The second-order valence-electron chi connectivity index (χ2n) is 5.68. The predicted molar refractivity (Wildman–Crippen MR) is 88.7 cm³/mol. The van der Waals surface area contributed by atoms with Gasteiger partial charge in [-0.2, -0.15) is 5.10 Å². The van der Waals surface area contributed by atoms with E-state index in [-0.39, 0.29) is 5.92 Å². The highest BCUT2D eigenvalue weighted by atomic mass is 15.1. The standard InChI is InChI=1S/C18H20N4/c1-22(2)13-17(18-5-3-4-10-19-18)15-8-6-14(7-9-15)16-11-20-21-12-16/h3-12,17H,13H2,1-2H3,(H,20,21). The van der Waals surface area contributed by atoms with Crippen molar-refractivity contribution in [1.82, 2.24) is 20.1 Å². The zero-order valence-electron chi connectivity index (χ0n) is 12.9. The van der Waals surface area contributed by atoms with Gasteiger partial charge in [-0.15, -0.1) is 0 Å². The number of pyridine rings is 1. The van der Waals surface area contributed by atoms with E-state index in [1.165, 1.54) is 11.1 Å². The molecule has 3 rings (SSSR count). The Morgan fingerprint density at radius 3 is 2.45 bits per heavy atom. The van der Waals surface area contributed by atoms with Gasteiger partial charge in [-0.25, -0.2) is 0 Å². The average molecular weight is 292 g/mol. The van der Waals surface area contributed by atoms with E-state index in [0.717, 1.165) is 17.8 Å². The van der Waals surface area contributed by atoms with Gasteiger partial charge < -0.3 is 4.90 Å². The summed E-state index contributed by atoms with van der Waals surface area (Å²) in [5, 5.41) is 6.85. The van der Waals surface area contributed by atoms with E-state index in [1.807, 2.05) is 30.7 Å². The summed E-state index contributed by atoms with van der Waals surface area (Å²) in [6.07, 6.45) is 5.61. The molecule has 0 amide bonds. The molecule has 1 N–H and O–H groups in total. The maximum absolute atomic E-state index is 4.54. The third-order valence-corrected chi connectivity index (χ3v) is 3.74. The Labute approximate surface area is 130 Å². The SMILES string of the molecule is CN(C)CC(c1ccc(-c2cn[nH]c2)cc1)c1ccccn1. The second-order valence-corrected chi connectivity index (χ2v) is 5.68. The third-order valence-electron chi connectivity index (χ3n) is 3.74. The molecule has 0 bridgehead atoms. The molecule has 3 aromatic rings. The van der Waals surface area contributed by atoms with Gasteiger partial charge in [-0.1, -0.05) is 30.3 Å². The number of H-pyrrole nitrogens is 1. The summed E-state index contributed by atoms with van der Waals surface area (Å²) >= 11 is 0. The lowest BCUT2D eigenvalue weighted by Crippen LogP contribution is -2.21. The molecule has 0 aliphatic heterocycles. The molecule has 0 aliphatic carbocycles. The average Bonchev–Trinajstić information content (AvgIpc) is 3.08. The van der Waals surface area contributed by atoms with Crippen LogP contribution < -0.4 is 0 Å². The zero-order valence-corrected chi connectivity index (χ0v) is 12.9. The van der Waals surface area contributed by atoms with Crippen molar-refractivity contribution in [2.45, 2.75) is 5.92 Å². The Balaban J connectivity index is 1.91. The number of aromatic amines is 1. The summed E-state index contributed by atoms with van der Waals surface area (Å²) in [7, 11) is 4.19. The summed E-state index contributed by atoms with van der Waals surface area (Å²) < 4.78 is 0. The topological polar surface area (TPSA) is 44.8 Å². The Kier molecular flexibility index (Phi) is 4.30. The maximum atomic E-state index is 4.54. The molecular formula is C18H20N4. The molecule has 22 heavy (non-hydrogen) atoms. The largest absolute Gasteiger partial charge is 0.308 e. The van der Waals surface area contributed by atoms with Crippen molar-refractivity contribution in [2.24, 2.45) is 0 Å². The van der Waals surface area contributed by atoms with E-state index in [9.17, 15) is 0 Å². The molecular weight excluding hydrogens is 272 g/mol. The summed E-state index contributed by atoms with van der Waals surface area (Å²) in [5.41, 5.74) is 4.66. The van der Waals surface area contributed by atoms with Crippen molar-refractivity contribution in [1.29, 1.82) is 0 Å². The fourth-order valence-corrected chi connectivity index (χ4v) is 2.63. The normalized spacial score (nSPS) is 12.5. The van der Waals surface area contributed by atoms with E-state index in [2.05, 4.69) is 64.5 Å². The smallest absolute Gasteiger partial charge is 0.0565 e. The summed E-state index contributed by atoms with van der Waals surface area (Å²) in [6, 6.07) is 14.8. The zero-order chi connectivity index (χ0) is 15.4. The number of rotatable bonds is 5. The highest BCUT2D eigenvalue weighted by molar-refractivity contribution is 5.62. The minimum atomic E-state index is 0.273. The van der Waals surface area contributed by atoms with Crippen molar-refractivity contribution in [3.05, 3.63) is 72.3 Å². The molecule has 4 nitrogen and oxygen atoms in total. The Morgan fingerprint density at radius 1 is 1.05 bits per heavy atom. The molecule has 1 atom stereocenters. The molecule has 1 aromatic carbocycles. The number of benzene rings is 1. The van der Waals surface area contributed by atoms with Crippen LogP contribution in [0.3, 0.4) is 0 Å². The van der Waals surface area contributed by atoms with Crippen molar-refractivity contribution in [2.75, 3.05) is 20.6 Å². The van der Waals surface area contributed by atoms with Crippen LogP contribution in [-0.4, -0.2) is 40.7 Å².